The molecule has 0 aromatic heterocycles. The first-order chi connectivity index (χ1) is 41.5. The van der Waals surface area contributed by atoms with Gasteiger partial charge in [-0.25, -0.2) is 19.2 Å². The maximum Gasteiger partial charge on any atom is 0.407 e. The average molecular weight is 1230 g/mol. The smallest absolute Gasteiger partial charge is 0.407 e. The van der Waals surface area contributed by atoms with Crippen LogP contribution >= 0.6 is 0 Å². The van der Waals surface area contributed by atoms with Gasteiger partial charge in [0.2, 0.25) is 35.4 Å². The number of benzene rings is 2. The number of carboxylic acid groups (broad SMARTS) is 2. The molecule has 4 rings (SSSR count). The van der Waals surface area contributed by atoms with Crippen molar-refractivity contribution in [2.24, 2.45) is 0 Å². The number of hydrogen-bond donors (Lipinski definition) is 8. The molecule has 2 aromatic rings. The lowest BCUT2D eigenvalue weighted by Crippen LogP contribution is -2.55. The molecule has 0 saturated heterocycles. The largest absolute Gasteiger partial charge is 0.480 e. The lowest BCUT2D eigenvalue weighted by molar-refractivity contribution is -0.166. The van der Waals surface area contributed by atoms with Crippen LogP contribution in [0.1, 0.15) is 117 Å². The van der Waals surface area contributed by atoms with Crippen molar-refractivity contribution in [1.82, 2.24) is 51.7 Å². The van der Waals surface area contributed by atoms with Crippen LogP contribution in [-0.2, 0) is 79.8 Å². The predicted molar refractivity (Wildman–Crippen MR) is 313 cm³/mol. The summed E-state index contributed by atoms with van der Waals surface area (Å²) in [5.74, 6) is -11.3. The summed E-state index contributed by atoms with van der Waals surface area (Å²) in [5.41, 5.74) is -0.392. The SMILES string of the molecule is CC(C)(C)OC(=O)NCCCC[C@H](NC(=O)[C@H](Cc1ccccc1)NC(=O)CCN(C(=O)CCN1C(=O)C=CC1=O)N(CCC(=O)N[C@@H](Cc1ccccc1)C(=O)N[C@@H](CCCCNC(=O)OC(C)(C)C)C(=O)O)C(=O)CCN1C(=O)C=CC1=O)C(=O)O. The van der Waals surface area contributed by atoms with Crippen LogP contribution in [-0.4, -0.2) is 188 Å². The van der Waals surface area contributed by atoms with Gasteiger partial charge in [0.1, 0.15) is 35.4 Å². The first-order valence-electron chi connectivity index (χ1n) is 28.8. The fraction of sp³-hybridized carbons (Fsp3) is 0.500. The zero-order valence-electron chi connectivity index (χ0n) is 50.3. The van der Waals surface area contributed by atoms with Gasteiger partial charge in [0.25, 0.3) is 23.6 Å². The van der Waals surface area contributed by atoms with Crippen LogP contribution in [0.15, 0.2) is 85.0 Å². The first kappa shape index (κ1) is 71.0. The molecule has 2 aromatic carbocycles. The summed E-state index contributed by atoms with van der Waals surface area (Å²) >= 11 is 0. The van der Waals surface area contributed by atoms with Crippen molar-refractivity contribution in [1.29, 1.82) is 0 Å². The third-order valence-electron chi connectivity index (χ3n) is 13.1. The molecular weight excluding hydrogens is 1150 g/mol. The number of aliphatic carboxylic acids is 2. The van der Waals surface area contributed by atoms with Gasteiger partial charge in [-0.2, -0.15) is 0 Å². The van der Waals surface area contributed by atoms with E-state index in [0.29, 0.717) is 24.0 Å². The van der Waals surface area contributed by atoms with Crippen LogP contribution in [0.3, 0.4) is 0 Å². The Labute approximate surface area is 509 Å². The number of nitrogens with zero attached hydrogens (tertiary/aromatic N) is 4. The number of rotatable bonds is 34. The van der Waals surface area contributed by atoms with Crippen molar-refractivity contribution in [3.8, 4) is 0 Å². The van der Waals surface area contributed by atoms with E-state index in [1.807, 2.05) is 0 Å². The molecule has 2 heterocycles. The third-order valence-corrected chi connectivity index (χ3v) is 13.1. The predicted octanol–water partition coefficient (Wildman–Crippen LogP) is 1.95. The Morgan fingerprint density at radius 1 is 0.466 bits per heavy atom. The molecule has 2 aliphatic heterocycles. The summed E-state index contributed by atoms with van der Waals surface area (Å²) in [5, 5.41) is 37.1. The van der Waals surface area contributed by atoms with Gasteiger partial charge >= 0.3 is 24.1 Å². The van der Waals surface area contributed by atoms with Gasteiger partial charge in [0.15, 0.2) is 0 Å². The van der Waals surface area contributed by atoms with Gasteiger partial charge in [-0.05, 0) is 91.2 Å². The molecule has 0 saturated carbocycles. The van der Waals surface area contributed by atoms with Gasteiger partial charge in [-0.3, -0.25) is 67.8 Å². The van der Waals surface area contributed by atoms with Gasteiger partial charge in [-0.1, -0.05) is 60.7 Å². The minimum absolute atomic E-state index is 0.0748. The number of imide groups is 2. The molecular formula is C60H80N10O18. The highest BCUT2D eigenvalue weighted by atomic mass is 16.6. The summed E-state index contributed by atoms with van der Waals surface area (Å²) in [6, 6.07) is 11.0. The van der Waals surface area contributed by atoms with E-state index in [1.54, 1.807) is 102 Å². The van der Waals surface area contributed by atoms with E-state index in [2.05, 4.69) is 31.9 Å². The second kappa shape index (κ2) is 34.6. The van der Waals surface area contributed by atoms with Crippen LogP contribution in [0.25, 0.3) is 0 Å². The highest BCUT2D eigenvalue weighted by Crippen LogP contribution is 2.16. The number of hydrazine groups is 1. The minimum atomic E-state index is -1.44. The quantitative estimate of drug-likeness (QED) is 0.0282. The van der Waals surface area contributed by atoms with Gasteiger partial charge in [0, 0.05) is 89.0 Å². The zero-order chi connectivity index (χ0) is 65.1. The average Bonchev–Trinajstić information content (AvgIpc) is 4.13. The van der Waals surface area contributed by atoms with E-state index < -0.39 is 170 Å². The standard InChI is InChI=1S/C60H80N10O18/c1-59(2,3)87-57(85)61-31-15-13-21-41(55(81)82)65-53(79)43(37-39-17-9-7-10-18-39)63-45(71)27-35-69(51(77)29-33-67-47(73)23-24-48(67)74)70(52(78)30-34-68-49(75)25-26-50(68)76)36-28-46(72)64-44(38-40-19-11-8-12-20-40)54(80)66-42(56(83)84)22-14-16-32-62-58(86)88-60(4,5)6/h7-12,17-20,23-26,41-44H,13-16,21-22,27-38H2,1-6H3,(H,61,85)(H,62,86)(H,63,71)(H,64,72)(H,65,79)(H,66,80)(H,81,82)(H,83,84)/t41-,42-,43-,44-/m0/s1. The van der Waals surface area contributed by atoms with Crippen molar-refractivity contribution in [3.63, 3.8) is 0 Å². The van der Waals surface area contributed by atoms with Crippen LogP contribution in [0.5, 0.6) is 0 Å². The fourth-order valence-corrected chi connectivity index (χ4v) is 8.82. The molecule has 12 amide bonds. The number of amides is 12. The number of unbranched alkanes of at least 4 members (excludes halogenated alkanes) is 2. The second-order valence-electron chi connectivity index (χ2n) is 22.6. The first-order valence-corrected chi connectivity index (χ1v) is 28.8. The topological polar surface area (TPSA) is 383 Å². The van der Waals surface area contributed by atoms with Gasteiger partial charge in [-0.15, -0.1) is 0 Å². The summed E-state index contributed by atoms with van der Waals surface area (Å²) in [6.45, 7) is 8.03. The molecule has 0 aliphatic carbocycles. The van der Waals surface area contributed by atoms with Gasteiger partial charge in [0.05, 0.1) is 13.1 Å². The molecule has 28 nitrogen and oxygen atoms in total. The van der Waals surface area contributed by atoms with Crippen LogP contribution in [0.2, 0.25) is 0 Å². The molecule has 28 heteroatoms. The fourth-order valence-electron chi connectivity index (χ4n) is 8.82. The maximum atomic E-state index is 14.5. The molecule has 88 heavy (non-hydrogen) atoms. The zero-order valence-corrected chi connectivity index (χ0v) is 50.3. The monoisotopic (exact) mass is 1230 g/mol. The van der Waals surface area contributed by atoms with E-state index in [1.165, 1.54) is 0 Å². The summed E-state index contributed by atoms with van der Waals surface area (Å²) in [4.78, 5) is 186. The molecule has 0 bridgehead atoms. The van der Waals surface area contributed by atoms with E-state index >= 15 is 0 Å². The lowest BCUT2D eigenvalue weighted by Gasteiger charge is -2.36. The molecule has 0 fully saturated rings. The number of carbonyl (C=O) groups excluding carboxylic acids is 12. The van der Waals surface area contributed by atoms with E-state index in [9.17, 15) is 77.3 Å². The summed E-state index contributed by atoms with van der Waals surface area (Å²) in [7, 11) is 0. The molecule has 4 atom stereocenters. The normalized spacial score (nSPS) is 14.2. The molecule has 8 N–H and O–H groups in total. The Hall–Kier alpha value is -9.50. The number of hydrogen-bond acceptors (Lipinski definition) is 16. The van der Waals surface area contributed by atoms with Crippen LogP contribution < -0.4 is 31.9 Å². The lowest BCUT2D eigenvalue weighted by atomic mass is 10.0. The molecule has 478 valence electrons. The number of nitrogens with one attached hydrogen (secondary N) is 6. The van der Waals surface area contributed by atoms with Crippen molar-refractivity contribution in [3.05, 3.63) is 96.1 Å². The second-order valence-corrected chi connectivity index (χ2v) is 22.6. The van der Waals surface area contributed by atoms with E-state index in [0.717, 1.165) is 44.1 Å². The Kier molecular flexibility index (Phi) is 27.9. The molecule has 0 spiro atoms. The molecule has 2 aliphatic rings. The van der Waals surface area contributed by atoms with Crippen LogP contribution in [0.4, 0.5) is 9.59 Å². The van der Waals surface area contributed by atoms with E-state index in [-0.39, 0.29) is 51.6 Å². The number of alkyl carbamates (subject to hydrolysis) is 2. The highest BCUT2D eigenvalue weighted by Gasteiger charge is 2.34. The maximum absolute atomic E-state index is 14.5. The summed E-state index contributed by atoms with van der Waals surface area (Å²) in [6.07, 6.45) is 0.559. The van der Waals surface area contributed by atoms with Crippen molar-refractivity contribution < 1.29 is 86.8 Å². The van der Waals surface area contributed by atoms with Crippen molar-refractivity contribution in [2.45, 2.75) is 154 Å². The summed E-state index contributed by atoms with van der Waals surface area (Å²) < 4.78 is 10.4. The Balaban J connectivity index is 1.60. The number of carboxylic acids is 2. The molecule has 0 unspecified atom stereocenters. The van der Waals surface area contributed by atoms with E-state index in [4.69, 9.17) is 9.47 Å². The Morgan fingerprint density at radius 3 is 1.10 bits per heavy atom. The highest BCUT2D eigenvalue weighted by molar-refractivity contribution is 6.13. The Bertz CT molecular complexity index is 2680. The van der Waals surface area contributed by atoms with Crippen molar-refractivity contribution in [2.75, 3.05) is 39.3 Å². The van der Waals surface area contributed by atoms with Crippen LogP contribution in [0, 0.1) is 0 Å². The number of ether oxygens (including phenoxy) is 2. The Morgan fingerprint density at radius 2 is 0.795 bits per heavy atom. The van der Waals surface area contributed by atoms with Crippen molar-refractivity contribution >= 4 is 83.2 Å². The minimum Gasteiger partial charge on any atom is -0.480 e. The number of carbonyl (C=O) groups is 14. The molecule has 0 radical (unpaired) electrons. The van der Waals surface area contributed by atoms with Gasteiger partial charge < -0.3 is 51.6 Å². The third kappa shape index (κ3) is 25.6.